The number of carboxylic acids is 1. The van der Waals surface area contributed by atoms with Crippen molar-refractivity contribution in [2.45, 2.75) is 19.8 Å². The highest BCUT2D eigenvalue weighted by atomic mass is 16.4. The van der Waals surface area contributed by atoms with Gasteiger partial charge in [-0.2, -0.15) is 0 Å². The van der Waals surface area contributed by atoms with Crippen LogP contribution in [0.25, 0.3) is 0 Å². The zero-order valence-electron chi connectivity index (χ0n) is 8.16. The third kappa shape index (κ3) is 2.57. The Morgan fingerprint density at radius 1 is 1.43 bits per heavy atom. The average Bonchev–Trinajstić information content (AvgIpc) is 2.16. The van der Waals surface area contributed by atoms with Crippen LogP contribution in [-0.4, -0.2) is 22.8 Å². The maximum atomic E-state index is 10.7. The first-order chi connectivity index (χ1) is 6.65. The molecule has 0 saturated carbocycles. The molecule has 0 aliphatic heterocycles. The Hall–Kier alpha value is -1.35. The lowest BCUT2D eigenvalue weighted by Gasteiger charge is -2.05. The van der Waals surface area contributed by atoms with Crippen LogP contribution in [0.3, 0.4) is 0 Å². The zero-order chi connectivity index (χ0) is 10.6. The highest BCUT2D eigenvalue weighted by Crippen LogP contribution is 2.13. The smallest absolute Gasteiger partial charge is 0.335 e. The molecule has 0 radical (unpaired) electrons. The second-order valence-electron chi connectivity index (χ2n) is 3.27. The van der Waals surface area contributed by atoms with Gasteiger partial charge in [0.2, 0.25) is 0 Å². The number of hydrogen-bond donors (Lipinski definition) is 2. The Morgan fingerprint density at radius 2 is 2.14 bits per heavy atom. The first-order valence-corrected chi connectivity index (χ1v) is 4.59. The lowest BCUT2D eigenvalue weighted by molar-refractivity contribution is 0.0697. The summed E-state index contributed by atoms with van der Waals surface area (Å²) >= 11 is 0. The van der Waals surface area contributed by atoms with E-state index in [-0.39, 0.29) is 6.61 Å². The quantitative estimate of drug-likeness (QED) is 0.765. The van der Waals surface area contributed by atoms with Crippen LogP contribution in [0.15, 0.2) is 18.2 Å². The zero-order valence-corrected chi connectivity index (χ0v) is 8.16. The minimum absolute atomic E-state index is 0.136. The SMILES string of the molecule is Cc1ccc(C(=O)O)cc1CCCO. The Balaban J connectivity index is 2.90. The van der Waals surface area contributed by atoms with E-state index in [0.717, 1.165) is 17.5 Å². The summed E-state index contributed by atoms with van der Waals surface area (Å²) in [5, 5.41) is 17.5. The number of aliphatic hydroxyl groups is 1. The van der Waals surface area contributed by atoms with Gasteiger partial charge < -0.3 is 10.2 Å². The van der Waals surface area contributed by atoms with Crippen LogP contribution in [0.2, 0.25) is 0 Å². The molecule has 0 atom stereocenters. The second kappa shape index (κ2) is 4.77. The van der Waals surface area contributed by atoms with Gasteiger partial charge in [-0.25, -0.2) is 4.79 Å². The van der Waals surface area contributed by atoms with Gasteiger partial charge in [0.15, 0.2) is 0 Å². The summed E-state index contributed by atoms with van der Waals surface area (Å²) in [5.41, 5.74) is 2.38. The van der Waals surface area contributed by atoms with E-state index in [1.807, 2.05) is 6.92 Å². The fourth-order valence-electron chi connectivity index (χ4n) is 1.34. The van der Waals surface area contributed by atoms with Crippen molar-refractivity contribution in [2.75, 3.05) is 6.61 Å². The predicted molar refractivity (Wildman–Crippen MR) is 53.5 cm³/mol. The Kier molecular flexibility index (Phi) is 3.65. The van der Waals surface area contributed by atoms with Crippen molar-refractivity contribution >= 4 is 5.97 Å². The number of aliphatic hydroxyl groups excluding tert-OH is 1. The summed E-state index contributed by atoms with van der Waals surface area (Å²) in [4.78, 5) is 10.7. The molecular formula is C11H14O3. The normalized spacial score (nSPS) is 10.1. The van der Waals surface area contributed by atoms with Crippen LogP contribution < -0.4 is 0 Å². The van der Waals surface area contributed by atoms with Crippen molar-refractivity contribution in [3.8, 4) is 0 Å². The van der Waals surface area contributed by atoms with Gasteiger partial charge in [-0.1, -0.05) is 6.07 Å². The van der Waals surface area contributed by atoms with E-state index in [9.17, 15) is 4.79 Å². The van der Waals surface area contributed by atoms with Gasteiger partial charge in [0.1, 0.15) is 0 Å². The molecule has 0 spiro atoms. The summed E-state index contributed by atoms with van der Waals surface area (Å²) < 4.78 is 0. The summed E-state index contributed by atoms with van der Waals surface area (Å²) in [5.74, 6) is -0.907. The summed E-state index contributed by atoms with van der Waals surface area (Å²) in [6.07, 6.45) is 1.40. The molecule has 0 bridgehead atoms. The maximum absolute atomic E-state index is 10.7. The Bertz CT molecular complexity index is 331. The van der Waals surface area contributed by atoms with Crippen molar-refractivity contribution < 1.29 is 15.0 Å². The van der Waals surface area contributed by atoms with Gasteiger partial charge in [0.05, 0.1) is 5.56 Å². The molecule has 0 saturated heterocycles. The minimum Gasteiger partial charge on any atom is -0.478 e. The Morgan fingerprint density at radius 3 is 2.71 bits per heavy atom. The summed E-state index contributed by atoms with van der Waals surface area (Å²) in [6.45, 7) is 2.08. The standard InChI is InChI=1S/C11H14O3/c1-8-4-5-10(11(13)14)7-9(8)3-2-6-12/h4-5,7,12H,2-3,6H2,1H3,(H,13,14). The molecule has 76 valence electrons. The van der Waals surface area contributed by atoms with Crippen molar-refractivity contribution in [1.29, 1.82) is 0 Å². The van der Waals surface area contributed by atoms with Gasteiger partial charge in [-0.05, 0) is 43.0 Å². The van der Waals surface area contributed by atoms with E-state index in [2.05, 4.69) is 0 Å². The topological polar surface area (TPSA) is 57.5 Å². The van der Waals surface area contributed by atoms with Crippen LogP contribution >= 0.6 is 0 Å². The number of carboxylic acid groups (broad SMARTS) is 1. The van der Waals surface area contributed by atoms with E-state index >= 15 is 0 Å². The molecule has 2 N–H and O–H groups in total. The fourth-order valence-corrected chi connectivity index (χ4v) is 1.34. The molecule has 14 heavy (non-hydrogen) atoms. The third-order valence-corrected chi connectivity index (χ3v) is 2.20. The molecule has 0 amide bonds. The van der Waals surface area contributed by atoms with Gasteiger partial charge in [0.25, 0.3) is 0 Å². The highest BCUT2D eigenvalue weighted by Gasteiger charge is 2.05. The molecule has 0 aliphatic carbocycles. The lowest BCUT2D eigenvalue weighted by atomic mass is 10.0. The van der Waals surface area contributed by atoms with E-state index in [1.165, 1.54) is 0 Å². The number of carbonyl (C=O) groups is 1. The van der Waals surface area contributed by atoms with Crippen molar-refractivity contribution in [2.24, 2.45) is 0 Å². The van der Waals surface area contributed by atoms with E-state index in [4.69, 9.17) is 10.2 Å². The molecule has 0 aromatic heterocycles. The molecule has 3 heteroatoms. The molecule has 1 rings (SSSR count). The molecule has 0 aliphatic rings. The maximum Gasteiger partial charge on any atom is 0.335 e. The van der Waals surface area contributed by atoms with Crippen molar-refractivity contribution in [3.05, 3.63) is 34.9 Å². The monoisotopic (exact) mass is 194 g/mol. The first kappa shape index (κ1) is 10.7. The van der Waals surface area contributed by atoms with Crippen molar-refractivity contribution in [1.82, 2.24) is 0 Å². The largest absolute Gasteiger partial charge is 0.478 e. The minimum atomic E-state index is -0.907. The van der Waals surface area contributed by atoms with Crippen LogP contribution in [0.4, 0.5) is 0 Å². The van der Waals surface area contributed by atoms with Gasteiger partial charge in [0, 0.05) is 6.61 Å². The predicted octanol–water partition coefficient (Wildman–Crippen LogP) is 1.62. The lowest BCUT2D eigenvalue weighted by Crippen LogP contribution is -2.00. The molecule has 0 fully saturated rings. The number of rotatable bonds is 4. The number of aromatic carboxylic acids is 1. The van der Waals surface area contributed by atoms with E-state index < -0.39 is 5.97 Å². The van der Waals surface area contributed by atoms with Crippen LogP contribution in [0.5, 0.6) is 0 Å². The molecule has 1 aromatic rings. The van der Waals surface area contributed by atoms with Gasteiger partial charge >= 0.3 is 5.97 Å². The van der Waals surface area contributed by atoms with Crippen molar-refractivity contribution in [3.63, 3.8) is 0 Å². The summed E-state index contributed by atoms with van der Waals surface area (Å²) in [6, 6.07) is 5.07. The molecular weight excluding hydrogens is 180 g/mol. The summed E-state index contributed by atoms with van der Waals surface area (Å²) in [7, 11) is 0. The number of hydrogen-bond acceptors (Lipinski definition) is 2. The molecule has 0 heterocycles. The molecule has 1 aromatic carbocycles. The molecule has 0 unspecified atom stereocenters. The highest BCUT2D eigenvalue weighted by molar-refractivity contribution is 5.87. The first-order valence-electron chi connectivity index (χ1n) is 4.59. The van der Waals surface area contributed by atoms with Crippen LogP contribution in [-0.2, 0) is 6.42 Å². The van der Waals surface area contributed by atoms with Gasteiger partial charge in [-0.3, -0.25) is 0 Å². The van der Waals surface area contributed by atoms with E-state index in [1.54, 1.807) is 18.2 Å². The third-order valence-electron chi connectivity index (χ3n) is 2.20. The number of benzene rings is 1. The number of aryl methyl sites for hydroxylation is 2. The van der Waals surface area contributed by atoms with Crippen LogP contribution in [0, 0.1) is 6.92 Å². The second-order valence-corrected chi connectivity index (χ2v) is 3.27. The Labute approximate surface area is 83.0 Å². The molecule has 3 nitrogen and oxygen atoms in total. The fraction of sp³-hybridized carbons (Fsp3) is 0.364. The average molecular weight is 194 g/mol. The van der Waals surface area contributed by atoms with E-state index in [0.29, 0.717) is 12.0 Å². The van der Waals surface area contributed by atoms with Gasteiger partial charge in [-0.15, -0.1) is 0 Å². The van der Waals surface area contributed by atoms with Crippen LogP contribution in [0.1, 0.15) is 27.9 Å².